The Morgan fingerprint density at radius 2 is 1.12 bits per heavy atom. The van der Waals surface area contributed by atoms with E-state index in [0.29, 0.717) is 16.9 Å². The second-order valence-corrected chi connectivity index (χ2v) is 17.6. The standard InChI is InChI=1S/C61H45NO4/c63-57-55(52-36-42-17-9-10-22-47(42)48-23-11-12-24-49(48)52)58(64)60(66)56(59(57)65)62(45-31-29-39(30-32-45)41-28-27-38-15-7-8-16-40(38)35-41)46-33-34-51-50-25-13-14-26-53(50)61(54(51)37-46,43-18-3-1-4-19-43)44-20-5-2-6-21-44/h1,3-5,7-37,56,59,63-66H,2,6H2/t56?,59-,61?/m1/s1. The molecule has 0 aromatic heterocycles. The van der Waals surface area contributed by atoms with Crippen LogP contribution in [0.3, 0.4) is 0 Å². The highest BCUT2D eigenvalue weighted by Gasteiger charge is 2.48. The van der Waals surface area contributed by atoms with Gasteiger partial charge in [-0.15, -0.1) is 0 Å². The molecule has 4 N–H and O–H groups in total. The summed E-state index contributed by atoms with van der Waals surface area (Å²) in [6.45, 7) is 0. The molecule has 2 unspecified atom stereocenters. The van der Waals surface area contributed by atoms with Crippen LogP contribution in [-0.4, -0.2) is 32.6 Å². The van der Waals surface area contributed by atoms with Crippen LogP contribution in [-0.2, 0) is 5.41 Å². The summed E-state index contributed by atoms with van der Waals surface area (Å²) in [5, 5.41) is 55.8. The predicted octanol–water partition coefficient (Wildman–Crippen LogP) is 14.6. The molecule has 0 bridgehead atoms. The van der Waals surface area contributed by atoms with Gasteiger partial charge in [0, 0.05) is 11.4 Å². The number of nitrogens with zero attached hydrogens (tertiary/aromatic N) is 1. The van der Waals surface area contributed by atoms with E-state index in [1.165, 1.54) is 11.1 Å². The van der Waals surface area contributed by atoms with Crippen LogP contribution >= 0.6 is 0 Å². The maximum absolute atomic E-state index is 12.6. The average molecular weight is 856 g/mol. The van der Waals surface area contributed by atoms with Gasteiger partial charge in [-0.3, -0.25) is 0 Å². The molecule has 0 radical (unpaired) electrons. The van der Waals surface area contributed by atoms with Gasteiger partial charge in [0.1, 0.15) is 17.9 Å². The Labute approximate surface area is 383 Å². The minimum absolute atomic E-state index is 0.00618. The third-order valence-electron chi connectivity index (χ3n) is 14.1. The molecular weight excluding hydrogens is 811 g/mol. The van der Waals surface area contributed by atoms with Crippen molar-refractivity contribution >= 4 is 49.3 Å². The highest BCUT2D eigenvalue weighted by atomic mass is 16.3. The van der Waals surface area contributed by atoms with Gasteiger partial charge in [0.15, 0.2) is 11.5 Å². The summed E-state index contributed by atoms with van der Waals surface area (Å²) in [5.74, 6) is -1.38. The first-order valence-electron chi connectivity index (χ1n) is 22.6. The molecular formula is C61H45NO4. The van der Waals surface area contributed by atoms with Crippen molar-refractivity contribution in [3.8, 4) is 22.3 Å². The van der Waals surface area contributed by atoms with Crippen LogP contribution in [0.5, 0.6) is 0 Å². The van der Waals surface area contributed by atoms with Crippen molar-refractivity contribution in [2.45, 2.75) is 30.4 Å². The summed E-state index contributed by atoms with van der Waals surface area (Å²) >= 11 is 0. The minimum Gasteiger partial charge on any atom is -0.509 e. The van der Waals surface area contributed by atoms with Crippen molar-refractivity contribution < 1.29 is 20.4 Å². The third kappa shape index (κ3) is 5.97. The Balaban J connectivity index is 1.07. The zero-order valence-electron chi connectivity index (χ0n) is 36.0. The number of hydrogen-bond acceptors (Lipinski definition) is 5. The number of benzene rings is 9. The molecule has 0 heterocycles. The van der Waals surface area contributed by atoms with Crippen molar-refractivity contribution in [3.05, 3.63) is 257 Å². The Morgan fingerprint density at radius 1 is 0.470 bits per heavy atom. The van der Waals surface area contributed by atoms with Crippen molar-refractivity contribution in [2.24, 2.45) is 0 Å². The molecule has 0 fully saturated rings. The van der Waals surface area contributed by atoms with Gasteiger partial charge in [-0.1, -0.05) is 176 Å². The van der Waals surface area contributed by atoms with E-state index in [4.69, 9.17) is 0 Å². The number of aliphatic hydroxyl groups excluding tert-OH is 4. The summed E-state index contributed by atoms with van der Waals surface area (Å²) < 4.78 is 0. The van der Waals surface area contributed by atoms with Crippen molar-refractivity contribution in [1.82, 2.24) is 0 Å². The summed E-state index contributed by atoms with van der Waals surface area (Å²) in [7, 11) is 0. The van der Waals surface area contributed by atoms with Gasteiger partial charge in [-0.25, -0.2) is 0 Å². The molecule has 9 aromatic rings. The molecule has 3 aliphatic carbocycles. The van der Waals surface area contributed by atoms with E-state index >= 15 is 0 Å². The number of anilines is 2. The summed E-state index contributed by atoms with van der Waals surface area (Å²) in [6.07, 6.45) is 7.09. The van der Waals surface area contributed by atoms with Crippen LogP contribution < -0.4 is 4.90 Å². The maximum atomic E-state index is 12.6. The first-order chi connectivity index (χ1) is 32.4. The highest BCUT2D eigenvalue weighted by molar-refractivity contribution is 6.13. The van der Waals surface area contributed by atoms with Crippen molar-refractivity contribution in [1.29, 1.82) is 0 Å². The van der Waals surface area contributed by atoms with Gasteiger partial charge in [0.25, 0.3) is 0 Å². The molecule has 5 nitrogen and oxygen atoms in total. The summed E-state index contributed by atoms with van der Waals surface area (Å²) in [6, 6.07) is 64.6. The van der Waals surface area contributed by atoms with E-state index in [-0.39, 0.29) is 5.57 Å². The van der Waals surface area contributed by atoms with Gasteiger partial charge in [-0.2, -0.15) is 0 Å². The van der Waals surface area contributed by atoms with E-state index in [1.807, 2.05) is 108 Å². The fraction of sp³-hybridized carbons (Fsp3) is 0.0820. The third-order valence-corrected chi connectivity index (χ3v) is 14.1. The molecule has 318 valence electrons. The van der Waals surface area contributed by atoms with Gasteiger partial charge in [0.2, 0.25) is 0 Å². The van der Waals surface area contributed by atoms with Gasteiger partial charge in [0.05, 0.1) is 11.0 Å². The molecule has 12 rings (SSSR count). The lowest BCUT2D eigenvalue weighted by molar-refractivity contribution is 0.113. The van der Waals surface area contributed by atoms with E-state index in [2.05, 4.69) is 109 Å². The molecule has 0 spiro atoms. The second-order valence-electron chi connectivity index (χ2n) is 17.6. The lowest BCUT2D eigenvalue weighted by atomic mass is 9.66. The van der Waals surface area contributed by atoms with Gasteiger partial charge >= 0.3 is 0 Å². The lowest BCUT2D eigenvalue weighted by Gasteiger charge is -2.40. The number of hydrogen-bond donors (Lipinski definition) is 4. The number of fused-ring (bicyclic) bond motifs is 7. The summed E-state index contributed by atoms with van der Waals surface area (Å²) in [4.78, 5) is 1.86. The van der Waals surface area contributed by atoms with Crippen LogP contribution in [0.15, 0.2) is 235 Å². The molecule has 3 atom stereocenters. The normalized spacial score (nSPS) is 19.0. The SMILES string of the molecule is OC1=C(O)C(N(c2ccc(-c3ccc4ccccc4c3)cc2)c2ccc3c(c2)C(C2=CCCC=C2)(c2ccccc2)c2ccccc2-3)[C@@H](O)C(O)=C1c1cc2ccccc2c2ccccc12. The largest absolute Gasteiger partial charge is 0.509 e. The smallest absolute Gasteiger partial charge is 0.166 e. The zero-order chi connectivity index (χ0) is 44.5. The quantitative estimate of drug-likeness (QED) is 0.120. The molecule has 9 aromatic carbocycles. The minimum atomic E-state index is -1.66. The molecule has 0 saturated carbocycles. The fourth-order valence-electron chi connectivity index (χ4n) is 11.1. The second kappa shape index (κ2) is 15.5. The zero-order valence-corrected chi connectivity index (χ0v) is 36.0. The van der Waals surface area contributed by atoms with E-state index in [0.717, 1.165) is 78.5 Å². The number of aliphatic hydroxyl groups is 4. The van der Waals surface area contributed by atoms with Crippen LogP contribution in [0, 0.1) is 0 Å². The average Bonchev–Trinajstić information content (AvgIpc) is 3.68. The Kier molecular flexibility index (Phi) is 9.30. The van der Waals surface area contributed by atoms with E-state index in [1.54, 1.807) is 0 Å². The van der Waals surface area contributed by atoms with Gasteiger partial charge in [-0.05, 0) is 132 Å². The molecule has 5 heteroatoms. The Bertz CT molecular complexity index is 3550. The van der Waals surface area contributed by atoms with Crippen molar-refractivity contribution in [3.63, 3.8) is 0 Å². The fourth-order valence-corrected chi connectivity index (χ4v) is 11.1. The molecule has 66 heavy (non-hydrogen) atoms. The maximum Gasteiger partial charge on any atom is 0.166 e. The van der Waals surface area contributed by atoms with Crippen LogP contribution in [0.25, 0.3) is 60.1 Å². The van der Waals surface area contributed by atoms with Crippen LogP contribution in [0.1, 0.15) is 35.1 Å². The van der Waals surface area contributed by atoms with Gasteiger partial charge < -0.3 is 25.3 Å². The molecule has 3 aliphatic rings. The highest BCUT2D eigenvalue weighted by Crippen LogP contribution is 2.58. The van der Waals surface area contributed by atoms with Crippen LogP contribution in [0.2, 0.25) is 0 Å². The topological polar surface area (TPSA) is 84.2 Å². The molecule has 0 amide bonds. The van der Waals surface area contributed by atoms with E-state index < -0.39 is 34.8 Å². The van der Waals surface area contributed by atoms with Crippen molar-refractivity contribution in [2.75, 3.05) is 4.90 Å². The number of rotatable bonds is 7. The first kappa shape index (κ1) is 39.5. The monoisotopic (exact) mass is 855 g/mol. The molecule has 0 saturated heterocycles. The molecule has 0 aliphatic heterocycles. The Morgan fingerprint density at radius 3 is 1.91 bits per heavy atom. The summed E-state index contributed by atoms with van der Waals surface area (Å²) in [5.41, 5.74) is 9.95. The Hall–Kier alpha value is -8.12. The van der Waals surface area contributed by atoms with Crippen LogP contribution in [0.4, 0.5) is 11.4 Å². The number of allylic oxidation sites excluding steroid dienone is 5. The first-order valence-corrected chi connectivity index (χ1v) is 22.6. The lowest BCUT2D eigenvalue weighted by Crippen LogP contribution is -2.46. The predicted molar refractivity (Wildman–Crippen MR) is 269 cm³/mol. The van der Waals surface area contributed by atoms with E-state index in [9.17, 15) is 20.4 Å².